The van der Waals surface area contributed by atoms with Gasteiger partial charge in [0.25, 0.3) is 0 Å². The lowest BCUT2D eigenvalue weighted by Gasteiger charge is -2.43. The van der Waals surface area contributed by atoms with Crippen LogP contribution >= 0.6 is 0 Å². The van der Waals surface area contributed by atoms with Gasteiger partial charge in [0.15, 0.2) is 12.0 Å². The van der Waals surface area contributed by atoms with Crippen LogP contribution in [0.5, 0.6) is 5.75 Å². The highest BCUT2D eigenvalue weighted by atomic mass is 19.1. The molecule has 3 aliphatic rings. The Labute approximate surface area is 268 Å². The van der Waals surface area contributed by atoms with E-state index in [0.717, 1.165) is 45.1 Å². The molecule has 3 fully saturated rings. The quantitative estimate of drug-likeness (QED) is 0.399. The molecule has 12 nitrogen and oxygen atoms in total. The molecule has 3 aromatic rings. The Bertz CT molecular complexity index is 1570. The minimum absolute atomic E-state index is 0.142. The number of amides is 1. The standard InChI is InChI=1S/C33H39FN8O4/c1-33(2,3)46-32(43)42-11-10-29(27(34)18-42)45-28-9-4-22(16-23(28)17-35)30-36-21-37-31(39-30)38-24-5-7-25(8-6-24)40-12-14-41(15-13-40)26-19-44-20-26/h4-9,16,21,26-27,29H,10-15,18-20H2,1-3H3,(H,36,37,38,39)/t27-,29+/m0/s1. The highest BCUT2D eigenvalue weighted by Gasteiger charge is 2.35. The SMILES string of the molecule is CC(C)(C)OC(=O)N1CC[C@@H](Oc2ccc(-c3ncnc(Nc4ccc(N5CCN(C6COC6)CC5)cc4)n3)cc2C#N)[C@@H](F)C1. The zero-order valence-corrected chi connectivity index (χ0v) is 26.4. The van der Waals surface area contributed by atoms with Crippen molar-refractivity contribution in [2.45, 2.75) is 51.1 Å². The van der Waals surface area contributed by atoms with E-state index in [2.05, 4.69) is 48.3 Å². The van der Waals surface area contributed by atoms with Crippen molar-refractivity contribution >= 4 is 23.4 Å². The number of ether oxygens (including phenoxy) is 3. The van der Waals surface area contributed by atoms with Crippen LogP contribution in [0.25, 0.3) is 11.4 Å². The molecule has 1 N–H and O–H groups in total. The van der Waals surface area contributed by atoms with Gasteiger partial charge in [-0.1, -0.05) is 0 Å². The molecule has 0 aliphatic carbocycles. The molecule has 0 radical (unpaired) electrons. The van der Waals surface area contributed by atoms with E-state index in [1.165, 1.54) is 16.9 Å². The molecular formula is C33H39FN8O4. The second-order valence-corrected chi connectivity index (χ2v) is 12.7. The highest BCUT2D eigenvalue weighted by molar-refractivity contribution is 5.68. The average molecular weight is 631 g/mol. The monoisotopic (exact) mass is 630 g/mol. The van der Waals surface area contributed by atoms with E-state index in [1.807, 2.05) is 12.1 Å². The first-order valence-corrected chi connectivity index (χ1v) is 15.6. The van der Waals surface area contributed by atoms with E-state index in [-0.39, 0.29) is 30.8 Å². The summed E-state index contributed by atoms with van der Waals surface area (Å²) < 4.78 is 31.7. The first-order chi connectivity index (χ1) is 22.1. The number of carbonyl (C=O) groups is 1. The normalized spacial score (nSPS) is 20.8. The van der Waals surface area contributed by atoms with E-state index in [1.54, 1.807) is 39.0 Å². The van der Waals surface area contributed by atoms with E-state index in [4.69, 9.17) is 14.2 Å². The summed E-state index contributed by atoms with van der Waals surface area (Å²) in [5.74, 6) is 1.00. The van der Waals surface area contributed by atoms with Crippen molar-refractivity contribution in [3.63, 3.8) is 0 Å². The van der Waals surface area contributed by atoms with Gasteiger partial charge in [0.2, 0.25) is 5.95 Å². The van der Waals surface area contributed by atoms with Crippen LogP contribution in [0, 0.1) is 11.3 Å². The largest absolute Gasteiger partial charge is 0.486 e. The zero-order valence-electron chi connectivity index (χ0n) is 26.4. The van der Waals surface area contributed by atoms with Crippen LogP contribution in [-0.2, 0) is 9.47 Å². The third kappa shape index (κ3) is 7.46. The summed E-state index contributed by atoms with van der Waals surface area (Å²) in [7, 11) is 0. The first kappa shape index (κ1) is 31.4. The lowest BCUT2D eigenvalue weighted by Crippen LogP contribution is -2.56. The molecule has 6 rings (SSSR count). The van der Waals surface area contributed by atoms with E-state index >= 15 is 4.39 Å². The number of alkyl halides is 1. The van der Waals surface area contributed by atoms with E-state index < -0.39 is 24.0 Å². The van der Waals surface area contributed by atoms with Gasteiger partial charge in [-0.2, -0.15) is 10.2 Å². The summed E-state index contributed by atoms with van der Waals surface area (Å²) in [5, 5.41) is 13.1. The van der Waals surface area contributed by atoms with Crippen LogP contribution in [-0.4, -0.2) is 107 Å². The molecule has 1 aromatic heterocycles. The van der Waals surface area contributed by atoms with E-state index in [0.29, 0.717) is 23.4 Å². The van der Waals surface area contributed by atoms with Crippen molar-refractivity contribution < 1.29 is 23.4 Å². The van der Waals surface area contributed by atoms with Crippen molar-refractivity contribution in [2.24, 2.45) is 0 Å². The maximum atomic E-state index is 15.1. The topological polar surface area (TPSA) is 129 Å². The molecule has 0 spiro atoms. The van der Waals surface area contributed by atoms with Crippen molar-refractivity contribution in [2.75, 3.05) is 62.7 Å². The fourth-order valence-corrected chi connectivity index (χ4v) is 5.69. The number of hydrogen-bond acceptors (Lipinski definition) is 11. The number of piperidine rings is 1. The Balaban J connectivity index is 1.06. The van der Waals surface area contributed by atoms with Gasteiger partial charge in [-0.05, 0) is 63.2 Å². The van der Waals surface area contributed by atoms with E-state index in [9.17, 15) is 10.1 Å². The summed E-state index contributed by atoms with van der Waals surface area (Å²) in [6.07, 6.45) is -1.11. The number of piperazine rings is 1. The van der Waals surface area contributed by atoms with Crippen molar-refractivity contribution in [1.82, 2.24) is 24.8 Å². The highest BCUT2D eigenvalue weighted by Crippen LogP contribution is 2.29. The maximum absolute atomic E-state index is 15.1. The third-order valence-electron chi connectivity index (χ3n) is 8.28. The number of rotatable bonds is 7. The summed E-state index contributed by atoms with van der Waals surface area (Å²) in [5.41, 5.74) is 2.17. The number of benzene rings is 2. The summed E-state index contributed by atoms with van der Waals surface area (Å²) in [4.78, 5) is 31.7. The Morgan fingerprint density at radius 2 is 1.83 bits per heavy atom. The molecule has 3 saturated heterocycles. The Morgan fingerprint density at radius 3 is 2.48 bits per heavy atom. The Morgan fingerprint density at radius 1 is 1.07 bits per heavy atom. The molecule has 0 bridgehead atoms. The molecular weight excluding hydrogens is 591 g/mol. The molecule has 13 heteroatoms. The van der Waals surface area contributed by atoms with Crippen LogP contribution in [0.4, 0.5) is 26.5 Å². The first-order valence-electron chi connectivity index (χ1n) is 15.6. The van der Waals surface area contributed by atoms with Crippen molar-refractivity contribution in [1.29, 1.82) is 5.26 Å². The molecule has 242 valence electrons. The third-order valence-corrected chi connectivity index (χ3v) is 8.28. The number of likely N-dealkylation sites (tertiary alicyclic amines) is 1. The van der Waals surface area contributed by atoms with Crippen molar-refractivity contribution in [3.05, 3.63) is 54.4 Å². The number of halogens is 1. The fraction of sp³-hybridized carbons (Fsp3) is 0.485. The maximum Gasteiger partial charge on any atom is 0.410 e. The van der Waals surface area contributed by atoms with Crippen LogP contribution in [0.2, 0.25) is 0 Å². The van der Waals surface area contributed by atoms with Crippen LogP contribution < -0.4 is 15.0 Å². The van der Waals surface area contributed by atoms with Crippen LogP contribution in [0.3, 0.4) is 0 Å². The smallest absolute Gasteiger partial charge is 0.410 e. The number of aromatic nitrogens is 3. The van der Waals surface area contributed by atoms with Crippen LogP contribution in [0.15, 0.2) is 48.8 Å². The minimum atomic E-state index is -1.43. The molecule has 3 aliphatic heterocycles. The number of carbonyl (C=O) groups excluding carboxylic acids is 1. The molecule has 1 amide bonds. The molecule has 2 aromatic carbocycles. The van der Waals surface area contributed by atoms with Crippen LogP contribution in [0.1, 0.15) is 32.8 Å². The Kier molecular flexibility index (Phi) is 9.19. The molecule has 2 atom stereocenters. The summed E-state index contributed by atoms with van der Waals surface area (Å²) in [6, 6.07) is 15.9. The lowest BCUT2D eigenvalue weighted by molar-refractivity contribution is -0.0660. The number of anilines is 3. The molecule has 46 heavy (non-hydrogen) atoms. The fourth-order valence-electron chi connectivity index (χ4n) is 5.69. The van der Waals surface area contributed by atoms with Gasteiger partial charge < -0.3 is 29.3 Å². The van der Waals surface area contributed by atoms with Gasteiger partial charge in [-0.3, -0.25) is 4.90 Å². The zero-order chi connectivity index (χ0) is 32.3. The van der Waals surface area contributed by atoms with Gasteiger partial charge in [0.05, 0.1) is 31.4 Å². The van der Waals surface area contributed by atoms with Gasteiger partial charge in [-0.15, -0.1) is 0 Å². The van der Waals surface area contributed by atoms with Gasteiger partial charge in [-0.25, -0.2) is 19.2 Å². The number of nitriles is 1. The number of nitrogens with zero attached hydrogens (tertiary/aromatic N) is 7. The van der Waals surface area contributed by atoms with Gasteiger partial charge in [0, 0.05) is 56.1 Å². The number of hydrogen-bond donors (Lipinski definition) is 1. The lowest BCUT2D eigenvalue weighted by atomic mass is 10.1. The summed E-state index contributed by atoms with van der Waals surface area (Å²) >= 11 is 0. The average Bonchev–Trinajstić information content (AvgIpc) is 3.01. The molecule has 4 heterocycles. The molecule has 0 saturated carbocycles. The number of nitrogens with one attached hydrogen (secondary N) is 1. The second-order valence-electron chi connectivity index (χ2n) is 12.7. The van der Waals surface area contributed by atoms with Gasteiger partial charge >= 0.3 is 6.09 Å². The van der Waals surface area contributed by atoms with Crippen molar-refractivity contribution in [3.8, 4) is 23.2 Å². The Hall–Kier alpha value is -4.54. The minimum Gasteiger partial charge on any atom is -0.486 e. The van der Waals surface area contributed by atoms with Gasteiger partial charge in [0.1, 0.15) is 29.9 Å². The molecule has 0 unspecified atom stereocenters. The predicted molar refractivity (Wildman–Crippen MR) is 170 cm³/mol. The second kappa shape index (κ2) is 13.4. The predicted octanol–water partition coefficient (Wildman–Crippen LogP) is 4.40. The summed E-state index contributed by atoms with van der Waals surface area (Å²) in [6.45, 7) is 11.2.